The summed E-state index contributed by atoms with van der Waals surface area (Å²) in [7, 11) is 2.49. The summed E-state index contributed by atoms with van der Waals surface area (Å²) in [5, 5.41) is 10.6. The number of nitrogens with one attached hydrogen (secondary N) is 2. The first-order valence-corrected chi connectivity index (χ1v) is 10.5. The van der Waals surface area contributed by atoms with Crippen LogP contribution in [0.4, 0.5) is 15.3 Å². The van der Waals surface area contributed by atoms with Crippen molar-refractivity contribution >= 4 is 63.2 Å². The van der Waals surface area contributed by atoms with E-state index in [9.17, 15) is 14.0 Å². The van der Waals surface area contributed by atoms with Crippen LogP contribution in [0.2, 0.25) is 5.02 Å². The fourth-order valence-corrected chi connectivity index (χ4v) is 4.33. The lowest BCUT2D eigenvalue weighted by Gasteiger charge is -2.08. The van der Waals surface area contributed by atoms with Crippen LogP contribution in [0.1, 0.15) is 31.2 Å². The molecule has 0 radical (unpaired) electrons. The van der Waals surface area contributed by atoms with Crippen LogP contribution in [-0.2, 0) is 16.0 Å². The van der Waals surface area contributed by atoms with Gasteiger partial charge in [0.2, 0.25) is 5.95 Å². The van der Waals surface area contributed by atoms with Crippen LogP contribution in [0.3, 0.4) is 0 Å². The van der Waals surface area contributed by atoms with Crippen molar-refractivity contribution in [1.29, 1.82) is 0 Å². The van der Waals surface area contributed by atoms with Crippen LogP contribution in [-0.4, -0.2) is 46.0 Å². The number of hydrogen-bond acceptors (Lipinski definition) is 8. The molecule has 0 fully saturated rings. The summed E-state index contributed by atoms with van der Waals surface area (Å²) in [6.45, 7) is 1.88. The van der Waals surface area contributed by atoms with Crippen molar-refractivity contribution in [2.45, 2.75) is 13.5 Å². The molecule has 0 atom stereocenters. The monoisotopic (exact) mass is 497 g/mol. The Bertz CT molecular complexity index is 1200. The SMILES string of the molecule is COC(=O)c1sc(NC(=S)Nc2ncn(Cc3ccc(F)cc3Cl)n2)c(C(=O)OC)c1C. The van der Waals surface area contributed by atoms with Crippen molar-refractivity contribution in [3.8, 4) is 0 Å². The van der Waals surface area contributed by atoms with Crippen LogP contribution in [0.5, 0.6) is 0 Å². The van der Waals surface area contributed by atoms with Gasteiger partial charge in [-0.2, -0.15) is 0 Å². The third kappa shape index (κ3) is 5.21. The largest absolute Gasteiger partial charge is 0.465 e. The molecule has 32 heavy (non-hydrogen) atoms. The average Bonchev–Trinajstić information content (AvgIpc) is 3.32. The standard InChI is InChI=1S/C19H17ClFN5O4S2/c1-9-13(16(27)29-2)15(32-14(9)17(28)30-3)23-19(31)24-18-22-8-26(25-18)7-10-4-5-11(21)6-12(10)20/h4-6,8H,7H2,1-3H3,(H2,23,24,25,31). The summed E-state index contributed by atoms with van der Waals surface area (Å²) in [4.78, 5) is 28.6. The molecule has 0 saturated carbocycles. The highest BCUT2D eigenvalue weighted by Crippen LogP contribution is 2.34. The number of benzene rings is 1. The number of rotatable bonds is 6. The maximum absolute atomic E-state index is 13.2. The number of halogens is 2. The normalized spacial score (nSPS) is 10.5. The highest BCUT2D eigenvalue weighted by molar-refractivity contribution is 7.80. The number of anilines is 2. The lowest BCUT2D eigenvalue weighted by molar-refractivity contribution is 0.0601. The lowest BCUT2D eigenvalue weighted by Crippen LogP contribution is -2.21. The van der Waals surface area contributed by atoms with Crippen molar-refractivity contribution in [2.75, 3.05) is 24.9 Å². The van der Waals surface area contributed by atoms with Gasteiger partial charge in [0.05, 0.1) is 26.3 Å². The van der Waals surface area contributed by atoms with Crippen molar-refractivity contribution in [3.05, 3.63) is 56.9 Å². The Labute approximate surface area is 196 Å². The number of thiophene rings is 1. The Hall–Kier alpha value is -3.09. The van der Waals surface area contributed by atoms with Gasteiger partial charge in [-0.05, 0) is 42.4 Å². The van der Waals surface area contributed by atoms with E-state index in [1.807, 2.05) is 0 Å². The van der Waals surface area contributed by atoms with E-state index < -0.39 is 17.8 Å². The van der Waals surface area contributed by atoms with Gasteiger partial charge in [-0.15, -0.1) is 16.4 Å². The molecule has 3 rings (SSSR count). The fraction of sp³-hybridized carbons (Fsp3) is 0.211. The predicted molar refractivity (Wildman–Crippen MR) is 122 cm³/mol. The number of ether oxygens (including phenoxy) is 2. The van der Waals surface area contributed by atoms with E-state index in [0.29, 0.717) is 16.1 Å². The highest BCUT2D eigenvalue weighted by Gasteiger charge is 2.26. The van der Waals surface area contributed by atoms with Crippen molar-refractivity contribution in [3.63, 3.8) is 0 Å². The minimum absolute atomic E-state index is 0.0883. The quantitative estimate of drug-likeness (QED) is 0.387. The van der Waals surface area contributed by atoms with E-state index in [0.717, 1.165) is 11.3 Å². The van der Waals surface area contributed by atoms with Gasteiger partial charge in [-0.25, -0.2) is 23.6 Å². The summed E-state index contributed by atoms with van der Waals surface area (Å²) in [6.07, 6.45) is 1.45. The van der Waals surface area contributed by atoms with E-state index in [1.165, 1.54) is 37.4 Å². The Balaban J connectivity index is 1.74. The number of thiocarbonyl (C=S) groups is 1. The fourth-order valence-electron chi connectivity index (χ4n) is 2.73. The maximum Gasteiger partial charge on any atom is 0.348 e. The summed E-state index contributed by atoms with van der Waals surface area (Å²) in [6, 6.07) is 4.09. The molecule has 0 aliphatic heterocycles. The molecule has 1 aromatic carbocycles. The van der Waals surface area contributed by atoms with Gasteiger partial charge in [0.15, 0.2) is 5.11 Å². The first-order valence-electron chi connectivity index (χ1n) is 8.94. The Morgan fingerprint density at radius 3 is 2.62 bits per heavy atom. The molecule has 2 N–H and O–H groups in total. The number of carbonyl (C=O) groups excluding carboxylic acids is 2. The summed E-state index contributed by atoms with van der Waals surface area (Å²) >= 11 is 12.3. The molecule has 0 aliphatic rings. The average molecular weight is 498 g/mol. The molecule has 0 saturated heterocycles. The number of nitrogens with zero attached hydrogens (tertiary/aromatic N) is 3. The Morgan fingerprint density at radius 1 is 1.25 bits per heavy atom. The molecular formula is C19H17ClFN5O4S2. The molecule has 9 nitrogen and oxygen atoms in total. The molecule has 0 unspecified atom stereocenters. The first kappa shape index (κ1) is 23.6. The second-order valence-electron chi connectivity index (χ2n) is 6.32. The Morgan fingerprint density at radius 2 is 1.97 bits per heavy atom. The highest BCUT2D eigenvalue weighted by atomic mass is 35.5. The van der Waals surface area contributed by atoms with Crippen LogP contribution in [0.25, 0.3) is 0 Å². The minimum Gasteiger partial charge on any atom is -0.465 e. The molecule has 0 aliphatic carbocycles. The smallest absolute Gasteiger partial charge is 0.348 e. The second-order valence-corrected chi connectivity index (χ2v) is 8.16. The van der Waals surface area contributed by atoms with Crippen molar-refractivity contribution < 1.29 is 23.5 Å². The summed E-state index contributed by atoms with van der Waals surface area (Å²) < 4.78 is 24.3. The third-order valence-electron chi connectivity index (χ3n) is 4.24. The van der Waals surface area contributed by atoms with Gasteiger partial charge in [-0.3, -0.25) is 5.32 Å². The van der Waals surface area contributed by atoms with Crippen molar-refractivity contribution in [2.24, 2.45) is 0 Å². The molecule has 168 valence electrons. The molecule has 3 aromatic rings. The topological polar surface area (TPSA) is 107 Å². The van der Waals surface area contributed by atoms with Crippen LogP contribution >= 0.6 is 35.2 Å². The van der Waals surface area contributed by atoms with E-state index in [4.69, 9.17) is 33.3 Å². The number of hydrogen-bond donors (Lipinski definition) is 2. The predicted octanol–water partition coefficient (Wildman–Crippen LogP) is 3.87. The zero-order valence-corrected chi connectivity index (χ0v) is 19.5. The Kier molecular flexibility index (Phi) is 7.38. The van der Waals surface area contributed by atoms with Gasteiger partial charge in [0.25, 0.3) is 0 Å². The van der Waals surface area contributed by atoms with Gasteiger partial charge in [-0.1, -0.05) is 17.7 Å². The first-order chi connectivity index (χ1) is 15.2. The molecule has 13 heteroatoms. The van der Waals surface area contributed by atoms with Crippen LogP contribution < -0.4 is 10.6 Å². The minimum atomic E-state index is -0.627. The second kappa shape index (κ2) is 10.0. The van der Waals surface area contributed by atoms with E-state index in [2.05, 4.69) is 20.7 Å². The molecular weight excluding hydrogens is 481 g/mol. The van der Waals surface area contributed by atoms with E-state index >= 15 is 0 Å². The number of methoxy groups -OCH3 is 2. The van der Waals surface area contributed by atoms with Gasteiger partial charge in [0, 0.05) is 5.02 Å². The molecule has 0 spiro atoms. The third-order valence-corrected chi connectivity index (χ3v) is 5.99. The molecule has 0 amide bonds. The molecule has 0 bridgehead atoms. The summed E-state index contributed by atoms with van der Waals surface area (Å²) in [5.41, 5.74) is 1.25. The van der Waals surface area contributed by atoms with Crippen LogP contribution in [0.15, 0.2) is 24.5 Å². The van der Waals surface area contributed by atoms with E-state index in [1.54, 1.807) is 13.0 Å². The molecule has 2 aromatic heterocycles. The lowest BCUT2D eigenvalue weighted by atomic mass is 10.1. The van der Waals surface area contributed by atoms with Crippen LogP contribution in [0, 0.1) is 12.7 Å². The number of esters is 2. The zero-order chi connectivity index (χ0) is 23.4. The maximum atomic E-state index is 13.2. The van der Waals surface area contributed by atoms with E-state index in [-0.39, 0.29) is 33.1 Å². The van der Waals surface area contributed by atoms with Gasteiger partial charge >= 0.3 is 11.9 Å². The summed E-state index contributed by atoms with van der Waals surface area (Å²) in [5.74, 6) is -1.45. The van der Waals surface area contributed by atoms with Gasteiger partial charge < -0.3 is 14.8 Å². The van der Waals surface area contributed by atoms with Crippen molar-refractivity contribution in [1.82, 2.24) is 14.8 Å². The number of carbonyl (C=O) groups is 2. The molecule has 2 heterocycles. The van der Waals surface area contributed by atoms with Gasteiger partial charge in [0.1, 0.15) is 22.0 Å². The number of aromatic nitrogens is 3. The zero-order valence-electron chi connectivity index (χ0n) is 17.1.